The molecule has 1 aromatic carbocycles. The quantitative estimate of drug-likeness (QED) is 0.561. The fourth-order valence-electron chi connectivity index (χ4n) is 2.66. The second kappa shape index (κ2) is 7.48. The zero-order valence-electron chi connectivity index (χ0n) is 12.4. The van der Waals surface area contributed by atoms with E-state index in [-0.39, 0.29) is 11.6 Å². The summed E-state index contributed by atoms with van der Waals surface area (Å²) >= 11 is 0. The second-order valence-corrected chi connectivity index (χ2v) is 4.55. The molecule has 4 heteroatoms. The van der Waals surface area contributed by atoms with Crippen molar-refractivity contribution in [1.82, 2.24) is 5.43 Å². The summed E-state index contributed by atoms with van der Waals surface area (Å²) in [6.45, 7) is 6.92. The Morgan fingerprint density at radius 3 is 2.32 bits per heavy atom. The van der Waals surface area contributed by atoms with E-state index in [9.17, 15) is 0 Å². The van der Waals surface area contributed by atoms with Gasteiger partial charge >= 0.3 is 0 Å². The minimum absolute atomic E-state index is 0.0985. The summed E-state index contributed by atoms with van der Waals surface area (Å²) in [6.07, 6.45) is 1.76. The molecule has 0 heterocycles. The van der Waals surface area contributed by atoms with Crippen LogP contribution in [0.4, 0.5) is 0 Å². The van der Waals surface area contributed by atoms with Crippen molar-refractivity contribution in [1.29, 1.82) is 0 Å². The maximum atomic E-state index is 6.04. The van der Waals surface area contributed by atoms with Crippen LogP contribution in [0.3, 0.4) is 0 Å². The van der Waals surface area contributed by atoms with Gasteiger partial charge in [0.2, 0.25) is 0 Å². The van der Waals surface area contributed by atoms with Crippen molar-refractivity contribution in [3.8, 4) is 5.75 Å². The molecular weight excluding hydrogens is 240 g/mol. The minimum atomic E-state index is -0.321. The molecule has 0 aliphatic carbocycles. The Morgan fingerprint density at radius 2 is 1.84 bits per heavy atom. The molecular formula is C15H26N2O2. The van der Waals surface area contributed by atoms with Crippen LogP contribution < -0.4 is 16.0 Å². The highest BCUT2D eigenvalue weighted by atomic mass is 16.5. The molecule has 0 fully saturated rings. The van der Waals surface area contributed by atoms with Crippen LogP contribution in [0.25, 0.3) is 0 Å². The lowest BCUT2D eigenvalue weighted by molar-refractivity contribution is -0.0738. The van der Waals surface area contributed by atoms with Crippen molar-refractivity contribution in [2.45, 2.75) is 45.3 Å². The molecule has 19 heavy (non-hydrogen) atoms. The number of hydrazine groups is 1. The molecule has 1 aromatic rings. The average Bonchev–Trinajstić information content (AvgIpc) is 2.47. The highest BCUT2D eigenvalue weighted by Crippen LogP contribution is 2.38. The molecule has 0 saturated carbocycles. The van der Waals surface area contributed by atoms with E-state index in [0.717, 1.165) is 24.2 Å². The lowest BCUT2D eigenvalue weighted by Gasteiger charge is -2.39. The normalized spacial score (nSPS) is 13.3. The number of hydrogen-bond acceptors (Lipinski definition) is 4. The topological polar surface area (TPSA) is 56.5 Å². The van der Waals surface area contributed by atoms with E-state index in [1.54, 1.807) is 7.11 Å². The van der Waals surface area contributed by atoms with E-state index in [0.29, 0.717) is 6.61 Å². The minimum Gasteiger partial charge on any atom is -0.496 e. The first-order chi connectivity index (χ1) is 9.18. The fourth-order valence-corrected chi connectivity index (χ4v) is 2.66. The summed E-state index contributed by atoms with van der Waals surface area (Å²) in [7, 11) is 1.67. The molecule has 0 bridgehead atoms. The Labute approximate surface area is 116 Å². The van der Waals surface area contributed by atoms with Crippen molar-refractivity contribution in [2.75, 3.05) is 13.7 Å². The third-order valence-electron chi connectivity index (χ3n) is 3.77. The molecule has 3 N–H and O–H groups in total. The van der Waals surface area contributed by atoms with Crippen LogP contribution in [-0.4, -0.2) is 19.3 Å². The van der Waals surface area contributed by atoms with Crippen molar-refractivity contribution in [2.24, 2.45) is 5.84 Å². The first kappa shape index (κ1) is 16.0. The first-order valence-corrected chi connectivity index (χ1v) is 6.92. The van der Waals surface area contributed by atoms with Crippen LogP contribution in [0.1, 0.15) is 45.2 Å². The third kappa shape index (κ3) is 3.26. The molecule has 1 unspecified atom stereocenters. The number of rotatable bonds is 8. The van der Waals surface area contributed by atoms with E-state index >= 15 is 0 Å². The Bertz CT molecular complexity index is 378. The molecule has 0 saturated heterocycles. The molecule has 1 atom stereocenters. The number of hydrogen-bond donors (Lipinski definition) is 2. The predicted molar refractivity (Wildman–Crippen MR) is 78.0 cm³/mol. The van der Waals surface area contributed by atoms with Gasteiger partial charge in [0, 0.05) is 12.2 Å². The van der Waals surface area contributed by atoms with Gasteiger partial charge in [0.15, 0.2) is 0 Å². The Morgan fingerprint density at radius 1 is 1.21 bits per heavy atom. The molecule has 4 nitrogen and oxygen atoms in total. The van der Waals surface area contributed by atoms with Crippen molar-refractivity contribution in [3.63, 3.8) is 0 Å². The zero-order chi connectivity index (χ0) is 14.3. The average molecular weight is 266 g/mol. The maximum Gasteiger partial charge on any atom is 0.123 e. The smallest absolute Gasteiger partial charge is 0.123 e. The predicted octanol–water partition coefficient (Wildman–Crippen LogP) is 2.79. The number of methoxy groups -OCH3 is 1. The fraction of sp³-hybridized carbons (Fsp3) is 0.600. The molecule has 0 aliphatic rings. The van der Waals surface area contributed by atoms with Gasteiger partial charge in [-0.1, -0.05) is 32.0 Å². The van der Waals surface area contributed by atoms with Gasteiger partial charge in [-0.15, -0.1) is 0 Å². The van der Waals surface area contributed by atoms with Gasteiger partial charge in [-0.2, -0.15) is 0 Å². The largest absolute Gasteiger partial charge is 0.496 e. The molecule has 0 aliphatic heterocycles. The van der Waals surface area contributed by atoms with Crippen LogP contribution in [0.2, 0.25) is 0 Å². The summed E-state index contributed by atoms with van der Waals surface area (Å²) in [5.74, 6) is 6.64. The Balaban J connectivity index is 3.23. The molecule has 0 amide bonds. The van der Waals surface area contributed by atoms with E-state index in [1.165, 1.54) is 0 Å². The van der Waals surface area contributed by atoms with E-state index in [2.05, 4.69) is 19.3 Å². The van der Waals surface area contributed by atoms with Crippen LogP contribution in [-0.2, 0) is 4.74 Å². The van der Waals surface area contributed by atoms with Gasteiger partial charge in [0.05, 0.1) is 18.8 Å². The van der Waals surface area contributed by atoms with Gasteiger partial charge in [0.25, 0.3) is 0 Å². The van der Waals surface area contributed by atoms with Crippen LogP contribution in [0.15, 0.2) is 24.3 Å². The molecule has 0 radical (unpaired) electrons. The first-order valence-electron chi connectivity index (χ1n) is 6.92. The van der Waals surface area contributed by atoms with E-state index in [1.807, 2.05) is 31.2 Å². The summed E-state index contributed by atoms with van der Waals surface area (Å²) in [5.41, 5.74) is 3.63. The van der Waals surface area contributed by atoms with Gasteiger partial charge in [0.1, 0.15) is 5.75 Å². The lowest BCUT2D eigenvalue weighted by atomic mass is 9.83. The van der Waals surface area contributed by atoms with Gasteiger partial charge < -0.3 is 9.47 Å². The SMILES string of the molecule is CCOC(CC)(CC)C(NN)c1ccccc1OC. The van der Waals surface area contributed by atoms with Gasteiger partial charge in [-0.3, -0.25) is 5.84 Å². The summed E-state index contributed by atoms with van der Waals surface area (Å²) in [4.78, 5) is 0. The highest BCUT2D eigenvalue weighted by Gasteiger charge is 2.38. The van der Waals surface area contributed by atoms with Crippen LogP contribution >= 0.6 is 0 Å². The monoisotopic (exact) mass is 266 g/mol. The standard InChI is InChI=1S/C15H26N2O2/c1-5-15(6-2,19-7-3)14(17-16)12-10-8-9-11-13(12)18-4/h8-11,14,17H,5-7,16H2,1-4H3. The van der Waals surface area contributed by atoms with Crippen molar-refractivity contribution in [3.05, 3.63) is 29.8 Å². The maximum absolute atomic E-state index is 6.04. The number of para-hydroxylation sites is 1. The summed E-state index contributed by atoms with van der Waals surface area (Å²) in [5, 5.41) is 0. The Hall–Kier alpha value is -1.10. The molecule has 108 valence electrons. The highest BCUT2D eigenvalue weighted by molar-refractivity contribution is 5.37. The lowest BCUT2D eigenvalue weighted by Crippen LogP contribution is -2.48. The second-order valence-electron chi connectivity index (χ2n) is 4.55. The number of benzene rings is 1. The molecule has 0 aromatic heterocycles. The molecule has 1 rings (SSSR count). The van der Waals surface area contributed by atoms with Gasteiger partial charge in [-0.05, 0) is 25.8 Å². The van der Waals surface area contributed by atoms with E-state index in [4.69, 9.17) is 15.3 Å². The number of ether oxygens (including phenoxy) is 2. The number of nitrogens with two attached hydrogens (primary N) is 1. The summed E-state index contributed by atoms with van der Waals surface area (Å²) < 4.78 is 11.5. The third-order valence-corrected chi connectivity index (χ3v) is 3.77. The van der Waals surface area contributed by atoms with Crippen LogP contribution in [0.5, 0.6) is 5.75 Å². The van der Waals surface area contributed by atoms with E-state index < -0.39 is 0 Å². The zero-order valence-corrected chi connectivity index (χ0v) is 12.4. The van der Waals surface area contributed by atoms with Crippen molar-refractivity contribution < 1.29 is 9.47 Å². The van der Waals surface area contributed by atoms with Gasteiger partial charge in [-0.25, -0.2) is 5.43 Å². The summed E-state index contributed by atoms with van der Waals surface area (Å²) in [6, 6.07) is 7.82. The van der Waals surface area contributed by atoms with Crippen molar-refractivity contribution >= 4 is 0 Å². The molecule has 0 spiro atoms. The Kier molecular flexibility index (Phi) is 6.28. The number of nitrogens with one attached hydrogen (secondary N) is 1. The van der Waals surface area contributed by atoms with Crippen LogP contribution in [0, 0.1) is 0 Å².